The molecule has 0 unspecified atom stereocenters. The Morgan fingerprint density at radius 2 is 2.17 bits per heavy atom. The van der Waals surface area contributed by atoms with Gasteiger partial charge in [0, 0.05) is 6.20 Å². The number of carbonyl (C=O) groups excluding carboxylic acids is 1. The Kier molecular flexibility index (Phi) is 6.73. The van der Waals surface area contributed by atoms with Crippen molar-refractivity contribution in [2.75, 3.05) is 18.5 Å². The second-order valence-corrected chi connectivity index (χ2v) is 5.81. The highest BCUT2D eigenvalue weighted by Crippen LogP contribution is 2.28. The van der Waals surface area contributed by atoms with Crippen molar-refractivity contribution in [1.29, 1.82) is 0 Å². The number of carbonyl (C=O) groups is 1. The van der Waals surface area contributed by atoms with Crippen molar-refractivity contribution in [3.05, 3.63) is 18.1 Å². The summed E-state index contributed by atoms with van der Waals surface area (Å²) in [6, 6.07) is 1.07. The van der Waals surface area contributed by atoms with Crippen LogP contribution in [0.1, 0.15) is 49.6 Å². The van der Waals surface area contributed by atoms with Gasteiger partial charge < -0.3 is 20.3 Å². The summed E-state index contributed by atoms with van der Waals surface area (Å²) < 4.78 is 4.87. The summed E-state index contributed by atoms with van der Waals surface area (Å²) in [6.07, 6.45) is 6.16. The average Bonchev–Trinajstić information content (AvgIpc) is 2.60. The van der Waals surface area contributed by atoms with Crippen molar-refractivity contribution in [3.8, 4) is 0 Å². The van der Waals surface area contributed by atoms with Crippen LogP contribution in [0.25, 0.3) is 0 Å². The van der Waals surface area contributed by atoms with Gasteiger partial charge in [-0.15, -0.1) is 0 Å². The molecule has 0 amide bonds. The van der Waals surface area contributed by atoms with Gasteiger partial charge in [0.05, 0.1) is 25.4 Å². The minimum Gasteiger partial charge on any atom is -0.460 e. The van der Waals surface area contributed by atoms with Gasteiger partial charge in [-0.05, 0) is 31.7 Å². The largest absolute Gasteiger partial charge is 0.460 e. The van der Waals surface area contributed by atoms with Crippen LogP contribution in [0.15, 0.2) is 12.3 Å². The summed E-state index contributed by atoms with van der Waals surface area (Å²) >= 11 is 0. The van der Waals surface area contributed by atoms with Crippen LogP contribution in [0.2, 0.25) is 0 Å². The Labute approximate surface area is 136 Å². The third kappa shape index (κ3) is 4.87. The molecule has 1 fully saturated rings. The molecule has 1 aliphatic carbocycles. The summed E-state index contributed by atoms with van der Waals surface area (Å²) in [5, 5.41) is 23.1. The number of rotatable bonds is 7. The molecular formula is C16H25N3O4. The number of nitrogens with one attached hydrogen (secondary N) is 1. The SMILES string of the molecule is CCOC(=O)c1nccc(N[C@H](CO)[C@H](O)C2CCCCC2)n1. The molecule has 0 aliphatic heterocycles. The summed E-state index contributed by atoms with van der Waals surface area (Å²) in [6.45, 7) is 1.75. The van der Waals surface area contributed by atoms with E-state index >= 15 is 0 Å². The Morgan fingerprint density at radius 1 is 1.43 bits per heavy atom. The zero-order valence-corrected chi connectivity index (χ0v) is 13.4. The summed E-state index contributed by atoms with van der Waals surface area (Å²) in [7, 11) is 0. The van der Waals surface area contributed by atoms with E-state index in [0.29, 0.717) is 5.82 Å². The van der Waals surface area contributed by atoms with Gasteiger partial charge in [-0.3, -0.25) is 0 Å². The minimum atomic E-state index is -0.652. The number of aromatic nitrogens is 2. The molecule has 3 N–H and O–H groups in total. The van der Waals surface area contributed by atoms with Crippen molar-refractivity contribution in [3.63, 3.8) is 0 Å². The molecule has 7 nitrogen and oxygen atoms in total. The van der Waals surface area contributed by atoms with Gasteiger partial charge in [-0.2, -0.15) is 0 Å². The van der Waals surface area contributed by atoms with Crippen molar-refractivity contribution < 1.29 is 19.7 Å². The second kappa shape index (κ2) is 8.79. The Morgan fingerprint density at radius 3 is 2.83 bits per heavy atom. The highest BCUT2D eigenvalue weighted by Gasteiger charge is 2.29. The number of nitrogens with zero attached hydrogens (tertiary/aromatic N) is 2. The van der Waals surface area contributed by atoms with Crippen LogP contribution in [0.5, 0.6) is 0 Å². The first-order chi connectivity index (χ1) is 11.2. The molecule has 2 rings (SSSR count). The topological polar surface area (TPSA) is 105 Å². The lowest BCUT2D eigenvalue weighted by Crippen LogP contribution is -2.42. The van der Waals surface area contributed by atoms with E-state index < -0.39 is 18.1 Å². The number of hydrogen-bond acceptors (Lipinski definition) is 7. The maximum Gasteiger partial charge on any atom is 0.376 e. The first-order valence-corrected chi connectivity index (χ1v) is 8.21. The summed E-state index contributed by atoms with van der Waals surface area (Å²) in [4.78, 5) is 19.6. The van der Waals surface area contributed by atoms with Crippen molar-refractivity contribution >= 4 is 11.8 Å². The molecule has 7 heteroatoms. The molecule has 0 aromatic carbocycles. The van der Waals surface area contributed by atoms with Crippen molar-refractivity contribution in [1.82, 2.24) is 9.97 Å². The van der Waals surface area contributed by atoms with E-state index in [9.17, 15) is 15.0 Å². The van der Waals surface area contributed by atoms with Crippen molar-refractivity contribution in [2.45, 2.75) is 51.2 Å². The van der Waals surface area contributed by atoms with Crippen LogP contribution < -0.4 is 5.32 Å². The lowest BCUT2D eigenvalue weighted by molar-refractivity contribution is 0.0492. The molecule has 0 radical (unpaired) electrons. The summed E-state index contributed by atoms with van der Waals surface area (Å²) in [5.74, 6) is -0.0676. The molecule has 1 saturated carbocycles. The van der Waals surface area contributed by atoms with Crippen LogP contribution >= 0.6 is 0 Å². The number of aliphatic hydroxyl groups excluding tert-OH is 2. The van der Waals surface area contributed by atoms with Gasteiger partial charge in [0.1, 0.15) is 5.82 Å². The zero-order valence-electron chi connectivity index (χ0n) is 13.4. The van der Waals surface area contributed by atoms with Crippen LogP contribution in [0.3, 0.4) is 0 Å². The maximum absolute atomic E-state index is 11.7. The molecule has 2 atom stereocenters. The number of aliphatic hydroxyl groups is 2. The molecular weight excluding hydrogens is 298 g/mol. The smallest absolute Gasteiger partial charge is 0.376 e. The Hall–Kier alpha value is -1.73. The average molecular weight is 323 g/mol. The lowest BCUT2D eigenvalue weighted by Gasteiger charge is -2.32. The van der Waals surface area contributed by atoms with Gasteiger partial charge in [0.2, 0.25) is 5.82 Å². The van der Waals surface area contributed by atoms with E-state index in [-0.39, 0.29) is 25.0 Å². The molecule has 1 heterocycles. The fraction of sp³-hybridized carbons (Fsp3) is 0.688. The van der Waals surface area contributed by atoms with E-state index in [1.807, 2.05) is 0 Å². The van der Waals surface area contributed by atoms with Crippen LogP contribution in [-0.2, 0) is 4.74 Å². The number of anilines is 1. The lowest BCUT2D eigenvalue weighted by atomic mass is 9.83. The van der Waals surface area contributed by atoms with Crippen LogP contribution in [0, 0.1) is 5.92 Å². The number of hydrogen-bond donors (Lipinski definition) is 3. The minimum absolute atomic E-state index is 0.0410. The standard InChI is InChI=1S/C16H25N3O4/c1-2-23-16(22)15-17-9-8-13(19-15)18-12(10-20)14(21)11-6-4-3-5-7-11/h8-9,11-12,14,20-21H,2-7,10H2,1H3,(H,17,18,19)/t12-,14-/m1/s1. The first-order valence-electron chi connectivity index (χ1n) is 8.21. The monoisotopic (exact) mass is 323 g/mol. The van der Waals surface area contributed by atoms with Gasteiger partial charge >= 0.3 is 5.97 Å². The fourth-order valence-electron chi connectivity index (χ4n) is 2.97. The van der Waals surface area contributed by atoms with E-state index in [2.05, 4.69) is 15.3 Å². The predicted molar refractivity (Wildman–Crippen MR) is 85.1 cm³/mol. The van der Waals surface area contributed by atoms with Gasteiger partial charge in [0.15, 0.2) is 0 Å². The van der Waals surface area contributed by atoms with E-state index in [0.717, 1.165) is 25.7 Å². The molecule has 0 bridgehead atoms. The molecule has 0 spiro atoms. The molecule has 1 aliphatic rings. The van der Waals surface area contributed by atoms with Gasteiger partial charge in [0.25, 0.3) is 0 Å². The zero-order chi connectivity index (χ0) is 16.7. The third-order valence-electron chi connectivity index (χ3n) is 4.19. The van der Waals surface area contributed by atoms with Gasteiger partial charge in [-0.25, -0.2) is 14.8 Å². The van der Waals surface area contributed by atoms with Crippen molar-refractivity contribution in [2.24, 2.45) is 5.92 Å². The van der Waals surface area contributed by atoms with E-state index in [4.69, 9.17) is 4.74 Å². The van der Waals surface area contributed by atoms with Crippen LogP contribution in [0.4, 0.5) is 5.82 Å². The molecule has 128 valence electrons. The maximum atomic E-state index is 11.7. The molecule has 1 aromatic heterocycles. The number of ether oxygens (including phenoxy) is 1. The molecule has 1 aromatic rings. The fourth-order valence-corrected chi connectivity index (χ4v) is 2.97. The first kappa shape index (κ1) is 17.6. The number of esters is 1. The summed E-state index contributed by atoms with van der Waals surface area (Å²) in [5.41, 5.74) is 0. The normalized spacial score (nSPS) is 18.2. The van der Waals surface area contributed by atoms with E-state index in [1.54, 1.807) is 13.0 Å². The molecule has 0 saturated heterocycles. The quantitative estimate of drug-likeness (QED) is 0.651. The second-order valence-electron chi connectivity index (χ2n) is 5.81. The Bertz CT molecular complexity index is 506. The van der Waals surface area contributed by atoms with Gasteiger partial charge in [-0.1, -0.05) is 19.3 Å². The predicted octanol–water partition coefficient (Wildman–Crippen LogP) is 1.37. The highest BCUT2D eigenvalue weighted by atomic mass is 16.5. The molecule has 23 heavy (non-hydrogen) atoms. The third-order valence-corrected chi connectivity index (χ3v) is 4.19. The van der Waals surface area contributed by atoms with Crippen LogP contribution in [-0.4, -0.2) is 51.5 Å². The highest BCUT2D eigenvalue weighted by molar-refractivity contribution is 5.85. The van der Waals surface area contributed by atoms with E-state index in [1.165, 1.54) is 12.6 Å². The Balaban J connectivity index is 2.03.